The predicted molar refractivity (Wildman–Crippen MR) is 75.1 cm³/mol. The van der Waals surface area contributed by atoms with Crippen molar-refractivity contribution in [2.75, 3.05) is 6.54 Å². The van der Waals surface area contributed by atoms with Gasteiger partial charge in [-0.15, -0.1) is 12.4 Å². The number of nitrogens with two attached hydrogens (primary N) is 1. The Hall–Kier alpha value is -1.86. The van der Waals surface area contributed by atoms with E-state index in [9.17, 15) is 9.90 Å². The summed E-state index contributed by atoms with van der Waals surface area (Å²) in [4.78, 5) is 11.5. The molecule has 20 heavy (non-hydrogen) atoms. The van der Waals surface area contributed by atoms with Gasteiger partial charge < -0.3 is 10.8 Å². The molecule has 3 rings (SSSR count). The first-order valence-electron chi connectivity index (χ1n) is 6.28. The minimum Gasteiger partial charge on any atom is -0.477 e. The number of nitrogens with zero attached hydrogens (tertiary/aromatic N) is 3. The largest absolute Gasteiger partial charge is 0.477 e. The van der Waals surface area contributed by atoms with Gasteiger partial charge in [0.2, 0.25) is 0 Å². The number of nitrogens with one attached hydrogen (secondary N) is 1. The molecule has 0 bridgehead atoms. The van der Waals surface area contributed by atoms with Gasteiger partial charge in [-0.05, 0) is 25.8 Å². The summed E-state index contributed by atoms with van der Waals surface area (Å²) in [5, 5.41) is 20.8. The van der Waals surface area contributed by atoms with Crippen molar-refractivity contribution in [2.24, 2.45) is 5.73 Å². The van der Waals surface area contributed by atoms with Crippen molar-refractivity contribution in [3.8, 4) is 11.3 Å². The molecule has 0 unspecified atom stereocenters. The molecule has 2 aromatic heterocycles. The molecule has 0 aliphatic heterocycles. The molecule has 1 aliphatic carbocycles. The Morgan fingerprint density at radius 2 is 2.30 bits per heavy atom. The lowest BCUT2D eigenvalue weighted by atomic mass is 9.94. The summed E-state index contributed by atoms with van der Waals surface area (Å²) < 4.78 is 1.56. The van der Waals surface area contributed by atoms with Crippen molar-refractivity contribution in [1.82, 2.24) is 20.0 Å². The van der Waals surface area contributed by atoms with Crippen molar-refractivity contribution in [2.45, 2.75) is 25.8 Å². The van der Waals surface area contributed by atoms with Gasteiger partial charge in [0.05, 0.1) is 11.9 Å². The highest BCUT2D eigenvalue weighted by Crippen LogP contribution is 2.33. The van der Waals surface area contributed by atoms with Crippen LogP contribution in [0.2, 0.25) is 0 Å². The summed E-state index contributed by atoms with van der Waals surface area (Å²) in [5.41, 5.74) is 9.25. The van der Waals surface area contributed by atoms with Gasteiger partial charge in [-0.2, -0.15) is 10.2 Å². The van der Waals surface area contributed by atoms with Crippen LogP contribution in [0.4, 0.5) is 0 Å². The van der Waals surface area contributed by atoms with Crippen LogP contribution in [0.5, 0.6) is 0 Å². The first-order valence-corrected chi connectivity index (χ1v) is 6.28. The van der Waals surface area contributed by atoms with Crippen LogP contribution in [0.25, 0.3) is 11.3 Å². The van der Waals surface area contributed by atoms with Gasteiger partial charge in [0.1, 0.15) is 5.69 Å². The highest BCUT2D eigenvalue weighted by molar-refractivity contribution is 5.90. The number of aromatic carboxylic acids is 1. The number of rotatable bonds is 4. The van der Waals surface area contributed by atoms with Gasteiger partial charge in [0.25, 0.3) is 0 Å². The summed E-state index contributed by atoms with van der Waals surface area (Å²) >= 11 is 0. The minimum atomic E-state index is -0.933. The maximum atomic E-state index is 11.5. The summed E-state index contributed by atoms with van der Waals surface area (Å²) in [5.74, 6) is -0.933. The van der Waals surface area contributed by atoms with Crippen molar-refractivity contribution in [3.05, 3.63) is 23.1 Å². The fourth-order valence-corrected chi connectivity index (χ4v) is 2.55. The third-order valence-electron chi connectivity index (χ3n) is 3.43. The number of hydrogen-bond acceptors (Lipinski definition) is 4. The third-order valence-corrected chi connectivity index (χ3v) is 3.43. The van der Waals surface area contributed by atoms with E-state index >= 15 is 0 Å². The smallest absolute Gasteiger partial charge is 0.354 e. The lowest BCUT2D eigenvalue weighted by molar-refractivity contribution is 0.0681. The van der Waals surface area contributed by atoms with Crippen LogP contribution in [0, 0.1) is 0 Å². The fraction of sp³-hybridized carbons (Fsp3) is 0.417. The quantitative estimate of drug-likeness (QED) is 0.774. The van der Waals surface area contributed by atoms with E-state index in [1.807, 2.05) is 0 Å². The molecular formula is C12H16ClN5O2. The molecule has 0 aromatic carbocycles. The number of aryl methyl sites for hydroxylation is 2. The van der Waals surface area contributed by atoms with Gasteiger partial charge in [-0.3, -0.25) is 9.78 Å². The first-order chi connectivity index (χ1) is 9.22. The van der Waals surface area contributed by atoms with E-state index < -0.39 is 5.97 Å². The van der Waals surface area contributed by atoms with Crippen LogP contribution in [0.15, 0.2) is 6.20 Å². The first kappa shape index (κ1) is 14.5. The Bertz CT molecular complexity index is 634. The number of carbonyl (C=O) groups is 1. The Balaban J connectivity index is 0.00000147. The Labute approximate surface area is 121 Å². The zero-order valence-corrected chi connectivity index (χ0v) is 11.6. The van der Waals surface area contributed by atoms with E-state index in [0.29, 0.717) is 25.9 Å². The number of H-pyrrole nitrogens is 1. The van der Waals surface area contributed by atoms with Crippen LogP contribution in [0.1, 0.15) is 28.2 Å². The Morgan fingerprint density at radius 3 is 3.00 bits per heavy atom. The molecule has 2 aromatic rings. The highest BCUT2D eigenvalue weighted by atomic mass is 35.5. The van der Waals surface area contributed by atoms with E-state index in [1.165, 1.54) is 0 Å². The molecule has 8 heteroatoms. The monoisotopic (exact) mass is 297 g/mol. The minimum absolute atomic E-state index is 0. The van der Waals surface area contributed by atoms with Crippen molar-refractivity contribution < 1.29 is 9.90 Å². The molecule has 0 saturated carbocycles. The molecule has 0 atom stereocenters. The molecule has 108 valence electrons. The van der Waals surface area contributed by atoms with Crippen LogP contribution in [0.3, 0.4) is 0 Å². The summed E-state index contributed by atoms with van der Waals surface area (Å²) in [7, 11) is 0. The number of carboxylic acid groups (broad SMARTS) is 1. The molecule has 0 amide bonds. The molecule has 1 aliphatic rings. The Kier molecular flexibility index (Phi) is 4.10. The fourth-order valence-electron chi connectivity index (χ4n) is 2.55. The van der Waals surface area contributed by atoms with Crippen LogP contribution >= 0.6 is 12.4 Å². The van der Waals surface area contributed by atoms with E-state index in [1.54, 1.807) is 10.9 Å². The average molecular weight is 298 g/mol. The topological polar surface area (TPSA) is 110 Å². The predicted octanol–water partition coefficient (Wildman–Crippen LogP) is 0.841. The van der Waals surface area contributed by atoms with Gasteiger partial charge in [0, 0.05) is 23.4 Å². The number of halogens is 1. The zero-order valence-electron chi connectivity index (χ0n) is 10.8. The van der Waals surface area contributed by atoms with Gasteiger partial charge in [0.15, 0.2) is 0 Å². The maximum absolute atomic E-state index is 11.5. The van der Waals surface area contributed by atoms with Crippen molar-refractivity contribution in [1.29, 1.82) is 0 Å². The van der Waals surface area contributed by atoms with E-state index in [-0.39, 0.29) is 18.1 Å². The molecule has 0 saturated heterocycles. The standard InChI is InChI=1S/C12H15N5O2.ClH/c13-4-1-5-17-11(12(18)19)7-2-3-9-8(6-14-15-9)10(7)16-17;/h6H,1-5,13H2,(H,14,15)(H,18,19);1H. The molecule has 7 nitrogen and oxygen atoms in total. The highest BCUT2D eigenvalue weighted by Gasteiger charge is 2.28. The normalized spacial score (nSPS) is 12.4. The van der Waals surface area contributed by atoms with E-state index in [4.69, 9.17) is 5.73 Å². The molecule has 0 spiro atoms. The number of aromatic amines is 1. The number of hydrogen-bond donors (Lipinski definition) is 3. The molecular weight excluding hydrogens is 282 g/mol. The average Bonchev–Trinajstić information content (AvgIpc) is 2.98. The van der Waals surface area contributed by atoms with E-state index in [0.717, 1.165) is 28.9 Å². The summed E-state index contributed by atoms with van der Waals surface area (Å²) in [6, 6.07) is 0. The van der Waals surface area contributed by atoms with Crippen LogP contribution in [-0.2, 0) is 19.4 Å². The lowest BCUT2D eigenvalue weighted by Gasteiger charge is -2.10. The van der Waals surface area contributed by atoms with Crippen LogP contribution in [-0.4, -0.2) is 37.6 Å². The summed E-state index contributed by atoms with van der Waals surface area (Å²) in [6.07, 6.45) is 3.86. The maximum Gasteiger partial charge on any atom is 0.354 e. The molecule has 0 fully saturated rings. The SMILES string of the molecule is Cl.NCCCn1nc2c(c1C(=O)O)CCc1[nH]ncc1-2. The van der Waals surface area contributed by atoms with Crippen molar-refractivity contribution in [3.63, 3.8) is 0 Å². The van der Waals surface area contributed by atoms with Gasteiger partial charge in [-0.25, -0.2) is 4.79 Å². The van der Waals surface area contributed by atoms with Gasteiger partial charge in [-0.1, -0.05) is 0 Å². The Morgan fingerprint density at radius 1 is 1.50 bits per heavy atom. The lowest BCUT2D eigenvalue weighted by Crippen LogP contribution is -2.14. The zero-order chi connectivity index (χ0) is 13.4. The third kappa shape index (κ3) is 2.19. The number of carboxylic acids is 1. The number of aromatic nitrogens is 4. The van der Waals surface area contributed by atoms with Gasteiger partial charge >= 0.3 is 5.97 Å². The number of fused-ring (bicyclic) bond motifs is 3. The second-order valence-corrected chi connectivity index (χ2v) is 4.61. The molecule has 4 N–H and O–H groups in total. The second kappa shape index (κ2) is 5.64. The molecule has 2 heterocycles. The van der Waals surface area contributed by atoms with Crippen molar-refractivity contribution >= 4 is 18.4 Å². The second-order valence-electron chi connectivity index (χ2n) is 4.61. The van der Waals surface area contributed by atoms with E-state index in [2.05, 4.69) is 15.3 Å². The molecule has 0 radical (unpaired) electrons. The van der Waals surface area contributed by atoms with Crippen LogP contribution < -0.4 is 5.73 Å². The summed E-state index contributed by atoms with van der Waals surface area (Å²) in [6.45, 7) is 1.04.